The first-order valence-electron chi connectivity index (χ1n) is 8.00. The molecule has 6 nitrogen and oxygen atoms in total. The lowest BCUT2D eigenvalue weighted by molar-refractivity contribution is -0.117. The van der Waals surface area contributed by atoms with Crippen LogP contribution in [-0.4, -0.2) is 37.0 Å². The first kappa shape index (κ1) is 16.0. The molecule has 0 atom stereocenters. The highest BCUT2D eigenvalue weighted by molar-refractivity contribution is 5.98. The zero-order valence-electron chi connectivity index (χ0n) is 13.7. The van der Waals surface area contributed by atoms with E-state index in [1.165, 1.54) is 5.56 Å². The van der Waals surface area contributed by atoms with Crippen molar-refractivity contribution in [3.63, 3.8) is 0 Å². The van der Waals surface area contributed by atoms with E-state index >= 15 is 0 Å². The minimum absolute atomic E-state index is 0.0423. The van der Waals surface area contributed by atoms with Gasteiger partial charge in [-0.15, -0.1) is 0 Å². The van der Waals surface area contributed by atoms with Crippen LogP contribution in [0.3, 0.4) is 0 Å². The van der Waals surface area contributed by atoms with E-state index in [0.29, 0.717) is 12.5 Å². The molecule has 0 saturated heterocycles. The van der Waals surface area contributed by atoms with Crippen LogP contribution in [0.4, 0.5) is 5.69 Å². The molecular weight excluding hydrogens is 302 g/mol. The van der Waals surface area contributed by atoms with E-state index in [0.717, 1.165) is 24.3 Å². The number of hydrogen-bond acceptors (Lipinski definition) is 3. The van der Waals surface area contributed by atoms with Gasteiger partial charge in [0.2, 0.25) is 5.91 Å². The summed E-state index contributed by atoms with van der Waals surface area (Å²) >= 11 is 0. The number of carbonyl (C=O) groups is 1. The lowest BCUT2D eigenvalue weighted by atomic mass is 10.2. The molecule has 0 spiro atoms. The third-order valence-corrected chi connectivity index (χ3v) is 3.98. The number of anilines is 1. The Bertz CT molecular complexity index is 729. The predicted octanol–water partition coefficient (Wildman–Crippen LogP) is 1.34. The van der Waals surface area contributed by atoms with Gasteiger partial charge < -0.3 is 15.5 Å². The summed E-state index contributed by atoms with van der Waals surface area (Å²) in [4.78, 5) is 22.7. The summed E-state index contributed by atoms with van der Waals surface area (Å²) in [6.45, 7) is 1.50. The minimum Gasteiger partial charge on any atom is -0.351 e. The van der Waals surface area contributed by atoms with E-state index in [-0.39, 0.29) is 12.5 Å². The van der Waals surface area contributed by atoms with Gasteiger partial charge in [0, 0.05) is 25.5 Å². The van der Waals surface area contributed by atoms with E-state index in [2.05, 4.69) is 26.7 Å². The summed E-state index contributed by atoms with van der Waals surface area (Å²) in [6, 6.07) is 13.8. The van der Waals surface area contributed by atoms with Crippen LogP contribution in [0.1, 0.15) is 11.3 Å². The standard InChI is InChI=1S/C18H21N5O/c1-19-18(21-12-15-7-4-5-10-20-15)22-13-17(24)23-11-9-14-6-2-3-8-16(14)23/h2-8,10H,9,11-13H2,1H3,(H2,19,21,22). The van der Waals surface area contributed by atoms with Crippen molar-refractivity contribution >= 4 is 17.6 Å². The molecule has 1 aromatic heterocycles. The Morgan fingerprint density at radius 3 is 2.83 bits per heavy atom. The van der Waals surface area contributed by atoms with Gasteiger partial charge in [0.05, 0.1) is 18.8 Å². The number of pyridine rings is 1. The average Bonchev–Trinajstić information content (AvgIpc) is 3.07. The molecule has 3 rings (SSSR count). The summed E-state index contributed by atoms with van der Waals surface area (Å²) in [5.41, 5.74) is 3.16. The van der Waals surface area contributed by atoms with Gasteiger partial charge >= 0.3 is 0 Å². The van der Waals surface area contributed by atoms with Crippen LogP contribution in [0.25, 0.3) is 0 Å². The molecule has 0 aliphatic carbocycles. The van der Waals surface area contributed by atoms with Crippen molar-refractivity contribution in [2.45, 2.75) is 13.0 Å². The molecule has 0 bridgehead atoms. The Kier molecular flexibility index (Phi) is 5.05. The van der Waals surface area contributed by atoms with Gasteiger partial charge in [-0.25, -0.2) is 0 Å². The molecule has 2 heterocycles. The zero-order chi connectivity index (χ0) is 16.8. The Morgan fingerprint density at radius 1 is 1.21 bits per heavy atom. The van der Waals surface area contributed by atoms with E-state index in [9.17, 15) is 4.79 Å². The lowest BCUT2D eigenvalue weighted by Crippen LogP contribution is -2.44. The molecule has 1 aliphatic heterocycles. The SMILES string of the molecule is CN=C(NCC(=O)N1CCc2ccccc21)NCc1ccccn1. The number of carbonyl (C=O) groups excluding carboxylic acids is 1. The number of nitrogens with one attached hydrogen (secondary N) is 2. The Balaban J connectivity index is 1.52. The van der Waals surface area contributed by atoms with Crippen molar-refractivity contribution in [2.75, 3.05) is 25.0 Å². The Morgan fingerprint density at radius 2 is 2.04 bits per heavy atom. The molecule has 0 radical (unpaired) electrons. The Labute approximate surface area is 141 Å². The smallest absolute Gasteiger partial charge is 0.246 e. The number of para-hydroxylation sites is 1. The van der Waals surface area contributed by atoms with Gasteiger partial charge in [-0.2, -0.15) is 0 Å². The summed E-state index contributed by atoms with van der Waals surface area (Å²) in [5.74, 6) is 0.627. The second-order valence-electron chi connectivity index (χ2n) is 5.52. The molecule has 2 N–H and O–H groups in total. The second-order valence-corrected chi connectivity index (χ2v) is 5.52. The maximum Gasteiger partial charge on any atom is 0.246 e. The summed E-state index contributed by atoms with van der Waals surface area (Å²) in [5, 5.41) is 6.22. The molecule has 1 aromatic carbocycles. The van der Waals surface area contributed by atoms with Crippen LogP contribution in [0.5, 0.6) is 0 Å². The zero-order valence-corrected chi connectivity index (χ0v) is 13.7. The van der Waals surface area contributed by atoms with Crippen LogP contribution in [0.15, 0.2) is 53.7 Å². The first-order chi connectivity index (χ1) is 11.8. The molecule has 1 aliphatic rings. The third kappa shape index (κ3) is 3.71. The number of fused-ring (bicyclic) bond motifs is 1. The number of amides is 1. The number of benzene rings is 1. The molecule has 0 fully saturated rings. The fourth-order valence-corrected chi connectivity index (χ4v) is 2.75. The van der Waals surface area contributed by atoms with Gasteiger partial charge in [-0.05, 0) is 30.2 Å². The molecule has 24 heavy (non-hydrogen) atoms. The van der Waals surface area contributed by atoms with Crippen molar-refractivity contribution in [1.29, 1.82) is 0 Å². The topological polar surface area (TPSA) is 69.6 Å². The van der Waals surface area contributed by atoms with Gasteiger partial charge in [0.25, 0.3) is 0 Å². The molecule has 124 valence electrons. The Hall–Kier alpha value is -2.89. The van der Waals surface area contributed by atoms with E-state index < -0.39 is 0 Å². The van der Waals surface area contributed by atoms with Crippen LogP contribution in [0.2, 0.25) is 0 Å². The summed E-state index contributed by atoms with van der Waals surface area (Å²) < 4.78 is 0. The van der Waals surface area contributed by atoms with Crippen LogP contribution >= 0.6 is 0 Å². The monoisotopic (exact) mass is 323 g/mol. The normalized spacial score (nSPS) is 13.5. The number of rotatable bonds is 4. The molecular formula is C18H21N5O. The first-order valence-corrected chi connectivity index (χ1v) is 8.00. The number of guanidine groups is 1. The third-order valence-electron chi connectivity index (χ3n) is 3.98. The van der Waals surface area contributed by atoms with Crippen molar-refractivity contribution < 1.29 is 4.79 Å². The van der Waals surface area contributed by atoms with Crippen molar-refractivity contribution in [1.82, 2.24) is 15.6 Å². The van der Waals surface area contributed by atoms with Crippen molar-refractivity contribution in [3.05, 3.63) is 59.9 Å². The van der Waals surface area contributed by atoms with Crippen LogP contribution in [0, 0.1) is 0 Å². The van der Waals surface area contributed by atoms with Crippen LogP contribution in [-0.2, 0) is 17.8 Å². The van der Waals surface area contributed by atoms with Gasteiger partial charge in [0.15, 0.2) is 5.96 Å². The largest absolute Gasteiger partial charge is 0.351 e. The predicted molar refractivity (Wildman–Crippen MR) is 94.9 cm³/mol. The minimum atomic E-state index is 0.0423. The number of aromatic nitrogens is 1. The molecule has 1 amide bonds. The number of hydrogen-bond donors (Lipinski definition) is 2. The van der Waals surface area contributed by atoms with E-state index in [1.807, 2.05) is 41.3 Å². The maximum absolute atomic E-state index is 12.5. The summed E-state index contributed by atoms with van der Waals surface area (Å²) in [7, 11) is 1.68. The lowest BCUT2D eigenvalue weighted by Gasteiger charge is -2.18. The van der Waals surface area contributed by atoms with E-state index in [1.54, 1.807) is 13.2 Å². The van der Waals surface area contributed by atoms with Crippen molar-refractivity contribution in [2.24, 2.45) is 4.99 Å². The fourth-order valence-electron chi connectivity index (χ4n) is 2.75. The van der Waals surface area contributed by atoms with E-state index in [4.69, 9.17) is 0 Å². The summed E-state index contributed by atoms with van der Waals surface area (Å²) in [6.07, 6.45) is 2.66. The van der Waals surface area contributed by atoms with Crippen LogP contribution < -0.4 is 15.5 Å². The molecule has 0 saturated carbocycles. The highest BCUT2D eigenvalue weighted by Crippen LogP contribution is 2.27. The molecule has 6 heteroatoms. The quantitative estimate of drug-likeness (QED) is 0.658. The maximum atomic E-state index is 12.5. The fraction of sp³-hybridized carbons (Fsp3) is 0.278. The molecule has 0 unspecified atom stereocenters. The van der Waals surface area contributed by atoms with Gasteiger partial charge in [-0.1, -0.05) is 24.3 Å². The van der Waals surface area contributed by atoms with Gasteiger partial charge in [0.1, 0.15) is 0 Å². The highest BCUT2D eigenvalue weighted by atomic mass is 16.2. The molecule has 2 aromatic rings. The number of nitrogens with zero attached hydrogens (tertiary/aromatic N) is 3. The van der Waals surface area contributed by atoms with Crippen molar-refractivity contribution in [3.8, 4) is 0 Å². The van der Waals surface area contributed by atoms with Gasteiger partial charge in [-0.3, -0.25) is 14.8 Å². The number of aliphatic imine (C=N–C) groups is 1. The highest BCUT2D eigenvalue weighted by Gasteiger charge is 2.23. The second kappa shape index (κ2) is 7.59. The average molecular weight is 323 g/mol.